The molecule has 0 spiro atoms. The van der Waals surface area contributed by atoms with Crippen molar-refractivity contribution in [2.45, 2.75) is 19.6 Å². The predicted octanol–water partition coefficient (Wildman–Crippen LogP) is 2.82. The van der Waals surface area contributed by atoms with Crippen LogP contribution in [-0.2, 0) is 6.61 Å². The highest BCUT2D eigenvalue weighted by Crippen LogP contribution is 2.21. The van der Waals surface area contributed by atoms with Crippen molar-refractivity contribution < 1.29 is 9.26 Å². The molecule has 0 radical (unpaired) electrons. The lowest BCUT2D eigenvalue weighted by Gasteiger charge is -2.04. The summed E-state index contributed by atoms with van der Waals surface area (Å²) in [5.74, 6) is 1.68. The van der Waals surface area contributed by atoms with Gasteiger partial charge < -0.3 is 15.0 Å². The molecule has 5 nitrogen and oxygen atoms in total. The zero-order valence-corrected chi connectivity index (χ0v) is 11.1. The fourth-order valence-corrected chi connectivity index (χ4v) is 1.92. The summed E-state index contributed by atoms with van der Waals surface area (Å²) in [5, 5.41) is 6.14. The van der Waals surface area contributed by atoms with E-state index in [-0.39, 0.29) is 12.6 Å². The topological polar surface area (TPSA) is 74.2 Å². The summed E-state index contributed by atoms with van der Waals surface area (Å²) in [7, 11) is 0. The molecule has 0 amide bonds. The van der Waals surface area contributed by atoms with E-state index < -0.39 is 0 Å². The van der Waals surface area contributed by atoms with Gasteiger partial charge in [-0.25, -0.2) is 0 Å². The SMILES string of the molecule is C[C@@H](N)c1nc(COc2ccc3ccccc3c2)no1. The van der Waals surface area contributed by atoms with Crippen LogP contribution in [0, 0.1) is 0 Å². The zero-order valence-electron chi connectivity index (χ0n) is 11.1. The Morgan fingerprint density at radius 1 is 1.20 bits per heavy atom. The van der Waals surface area contributed by atoms with Gasteiger partial charge in [0.15, 0.2) is 6.61 Å². The average Bonchev–Trinajstić information content (AvgIpc) is 2.94. The number of fused-ring (bicyclic) bond motifs is 1. The molecule has 2 N–H and O–H groups in total. The Bertz CT molecular complexity index is 722. The molecule has 20 heavy (non-hydrogen) atoms. The van der Waals surface area contributed by atoms with Gasteiger partial charge in [0.05, 0.1) is 6.04 Å². The minimum Gasteiger partial charge on any atom is -0.485 e. The molecule has 1 heterocycles. The molecule has 0 unspecified atom stereocenters. The van der Waals surface area contributed by atoms with Gasteiger partial charge in [-0.3, -0.25) is 0 Å². The van der Waals surface area contributed by atoms with E-state index in [2.05, 4.69) is 16.2 Å². The third-order valence-corrected chi connectivity index (χ3v) is 2.96. The normalized spacial score (nSPS) is 12.5. The molecule has 3 rings (SSSR count). The van der Waals surface area contributed by atoms with Gasteiger partial charge in [-0.05, 0) is 29.8 Å². The minimum atomic E-state index is -0.267. The van der Waals surface area contributed by atoms with Crippen molar-refractivity contribution in [2.24, 2.45) is 5.73 Å². The molecule has 0 fully saturated rings. The molecule has 1 atom stereocenters. The number of ether oxygens (including phenoxy) is 1. The highest BCUT2D eigenvalue weighted by Gasteiger charge is 2.10. The maximum absolute atomic E-state index is 5.67. The van der Waals surface area contributed by atoms with E-state index in [1.54, 1.807) is 6.92 Å². The number of hydrogen-bond donors (Lipinski definition) is 1. The maximum Gasteiger partial charge on any atom is 0.243 e. The van der Waals surface area contributed by atoms with Crippen LogP contribution in [-0.4, -0.2) is 10.1 Å². The van der Waals surface area contributed by atoms with Crippen molar-refractivity contribution in [3.63, 3.8) is 0 Å². The van der Waals surface area contributed by atoms with Crippen LogP contribution in [0.5, 0.6) is 5.75 Å². The van der Waals surface area contributed by atoms with E-state index in [4.69, 9.17) is 15.0 Å². The summed E-state index contributed by atoms with van der Waals surface area (Å²) in [6.45, 7) is 2.05. The van der Waals surface area contributed by atoms with Gasteiger partial charge in [0.1, 0.15) is 5.75 Å². The van der Waals surface area contributed by atoms with Crippen LogP contribution in [0.4, 0.5) is 0 Å². The number of aromatic nitrogens is 2. The molecule has 0 aliphatic carbocycles. The summed E-state index contributed by atoms with van der Waals surface area (Å²) >= 11 is 0. The second-order valence-corrected chi connectivity index (χ2v) is 4.64. The first-order chi connectivity index (χ1) is 9.72. The lowest BCUT2D eigenvalue weighted by atomic mass is 10.1. The first-order valence-corrected chi connectivity index (χ1v) is 6.42. The summed E-state index contributed by atoms with van der Waals surface area (Å²) < 4.78 is 10.7. The number of hydrogen-bond acceptors (Lipinski definition) is 5. The van der Waals surface area contributed by atoms with E-state index >= 15 is 0 Å². The van der Waals surface area contributed by atoms with Crippen LogP contribution in [0.25, 0.3) is 10.8 Å². The quantitative estimate of drug-likeness (QED) is 0.788. The van der Waals surface area contributed by atoms with E-state index in [1.807, 2.05) is 36.4 Å². The molecule has 0 aliphatic heterocycles. The summed E-state index contributed by atoms with van der Waals surface area (Å²) in [4.78, 5) is 4.16. The Balaban J connectivity index is 1.72. The largest absolute Gasteiger partial charge is 0.485 e. The molecule has 0 saturated heterocycles. The Labute approximate surface area is 116 Å². The van der Waals surface area contributed by atoms with E-state index in [9.17, 15) is 0 Å². The van der Waals surface area contributed by atoms with Gasteiger partial charge in [0.2, 0.25) is 11.7 Å². The molecule has 0 saturated carbocycles. The van der Waals surface area contributed by atoms with Crippen LogP contribution >= 0.6 is 0 Å². The number of nitrogens with two attached hydrogens (primary N) is 1. The molecule has 0 aliphatic rings. The van der Waals surface area contributed by atoms with Crippen molar-refractivity contribution in [1.82, 2.24) is 10.1 Å². The van der Waals surface area contributed by atoms with Crippen molar-refractivity contribution >= 4 is 10.8 Å². The smallest absolute Gasteiger partial charge is 0.243 e. The molecule has 1 aromatic heterocycles. The highest BCUT2D eigenvalue weighted by atomic mass is 16.5. The third kappa shape index (κ3) is 2.62. The maximum atomic E-state index is 5.67. The molecule has 0 bridgehead atoms. The van der Waals surface area contributed by atoms with Crippen LogP contribution < -0.4 is 10.5 Å². The minimum absolute atomic E-state index is 0.258. The van der Waals surface area contributed by atoms with Crippen molar-refractivity contribution in [3.05, 3.63) is 54.2 Å². The van der Waals surface area contributed by atoms with Gasteiger partial charge in [-0.15, -0.1) is 0 Å². The second kappa shape index (κ2) is 5.30. The lowest BCUT2D eigenvalue weighted by Crippen LogP contribution is -2.05. The van der Waals surface area contributed by atoms with Crippen LogP contribution in [0.2, 0.25) is 0 Å². The molecular formula is C15H15N3O2. The van der Waals surface area contributed by atoms with E-state index in [0.717, 1.165) is 11.1 Å². The Morgan fingerprint density at radius 3 is 2.75 bits per heavy atom. The third-order valence-electron chi connectivity index (χ3n) is 2.96. The first kappa shape index (κ1) is 12.6. The second-order valence-electron chi connectivity index (χ2n) is 4.64. The first-order valence-electron chi connectivity index (χ1n) is 6.42. The van der Waals surface area contributed by atoms with E-state index in [1.165, 1.54) is 5.39 Å². The Morgan fingerprint density at radius 2 is 2.00 bits per heavy atom. The molecule has 2 aromatic carbocycles. The van der Waals surface area contributed by atoms with Crippen molar-refractivity contribution in [1.29, 1.82) is 0 Å². The standard InChI is InChI=1S/C15H15N3O2/c1-10(16)15-17-14(18-20-15)9-19-13-7-6-11-4-2-3-5-12(11)8-13/h2-8,10H,9,16H2,1H3/t10-/m1/s1. The van der Waals surface area contributed by atoms with Gasteiger partial charge >= 0.3 is 0 Å². The Kier molecular flexibility index (Phi) is 3.35. The zero-order chi connectivity index (χ0) is 13.9. The fourth-order valence-electron chi connectivity index (χ4n) is 1.92. The Hall–Kier alpha value is -2.40. The van der Waals surface area contributed by atoms with Gasteiger partial charge in [-0.1, -0.05) is 35.5 Å². The van der Waals surface area contributed by atoms with Crippen molar-refractivity contribution in [3.8, 4) is 5.75 Å². The number of rotatable bonds is 4. The summed E-state index contributed by atoms with van der Waals surface area (Å²) in [6.07, 6.45) is 0. The fraction of sp³-hybridized carbons (Fsp3) is 0.200. The van der Waals surface area contributed by atoms with Gasteiger partial charge in [-0.2, -0.15) is 4.98 Å². The highest BCUT2D eigenvalue weighted by molar-refractivity contribution is 5.83. The molecule has 102 valence electrons. The van der Waals surface area contributed by atoms with E-state index in [0.29, 0.717) is 11.7 Å². The predicted molar refractivity (Wildman–Crippen MR) is 75.2 cm³/mol. The molecule has 5 heteroatoms. The van der Waals surface area contributed by atoms with Crippen LogP contribution in [0.3, 0.4) is 0 Å². The number of benzene rings is 2. The van der Waals surface area contributed by atoms with Gasteiger partial charge in [0, 0.05) is 0 Å². The summed E-state index contributed by atoms with van der Waals surface area (Å²) in [6, 6.07) is 13.8. The lowest BCUT2D eigenvalue weighted by molar-refractivity contribution is 0.284. The van der Waals surface area contributed by atoms with Gasteiger partial charge in [0.25, 0.3) is 0 Å². The monoisotopic (exact) mass is 269 g/mol. The summed E-state index contributed by atoms with van der Waals surface area (Å²) in [5.41, 5.74) is 5.66. The van der Waals surface area contributed by atoms with Crippen LogP contribution in [0.15, 0.2) is 47.0 Å². The van der Waals surface area contributed by atoms with Crippen molar-refractivity contribution in [2.75, 3.05) is 0 Å². The number of nitrogens with zero attached hydrogens (tertiary/aromatic N) is 2. The van der Waals surface area contributed by atoms with Crippen LogP contribution in [0.1, 0.15) is 24.7 Å². The molecule has 3 aromatic rings. The molecular weight excluding hydrogens is 254 g/mol. The average molecular weight is 269 g/mol.